The van der Waals surface area contributed by atoms with Gasteiger partial charge in [-0.05, 0) is 26.7 Å². The van der Waals surface area contributed by atoms with Crippen LogP contribution in [0.5, 0.6) is 0 Å². The third-order valence-corrected chi connectivity index (χ3v) is 7.85. The second kappa shape index (κ2) is 30.6. The predicted octanol–water partition coefficient (Wildman–Crippen LogP) is 10.4. The van der Waals surface area contributed by atoms with E-state index in [1.165, 1.54) is 103 Å². The minimum absolute atomic E-state index is 0.0942. The van der Waals surface area contributed by atoms with Crippen LogP contribution in [0.2, 0.25) is 0 Å². The molecule has 0 radical (unpaired) electrons. The van der Waals surface area contributed by atoms with Crippen molar-refractivity contribution in [3.05, 3.63) is 11.6 Å². The second-order valence-corrected chi connectivity index (χ2v) is 11.9. The summed E-state index contributed by atoms with van der Waals surface area (Å²) in [6, 6.07) is 0. The average Bonchev–Trinajstić information content (AvgIpc) is 2.99. The summed E-state index contributed by atoms with van der Waals surface area (Å²) in [6.45, 7) is 7.70. The molecule has 0 bridgehead atoms. The first-order valence-electron chi connectivity index (χ1n) is 17.6. The van der Waals surface area contributed by atoms with Crippen molar-refractivity contribution in [3.8, 4) is 0 Å². The zero-order valence-corrected chi connectivity index (χ0v) is 28.0. The maximum Gasteiger partial charge on any atom is 0.333 e. The summed E-state index contributed by atoms with van der Waals surface area (Å²) in [5.74, 6) is -1.10. The molecule has 0 aliphatic rings. The van der Waals surface area contributed by atoms with Gasteiger partial charge in [-0.25, -0.2) is 4.79 Å². The van der Waals surface area contributed by atoms with Gasteiger partial charge in [-0.15, -0.1) is 0 Å². The Bertz CT molecular complexity index is 686. The highest BCUT2D eigenvalue weighted by Gasteiger charge is 2.19. The molecule has 0 aromatic carbocycles. The lowest BCUT2D eigenvalue weighted by atomic mass is 10.1. The molecule has 1 unspecified atom stereocenters. The molecule has 0 aromatic rings. The van der Waals surface area contributed by atoms with Crippen LogP contribution in [0.25, 0.3) is 0 Å². The van der Waals surface area contributed by atoms with E-state index < -0.39 is 12.1 Å². The maximum atomic E-state index is 12.5. The quantitative estimate of drug-likeness (QED) is 0.0356. The molecular weight excluding hydrogens is 528 g/mol. The van der Waals surface area contributed by atoms with Gasteiger partial charge >= 0.3 is 17.9 Å². The number of rotatable bonds is 30. The molecule has 0 aromatic heterocycles. The zero-order chi connectivity index (χ0) is 31.1. The van der Waals surface area contributed by atoms with E-state index in [2.05, 4.69) is 13.8 Å². The van der Waals surface area contributed by atoms with Crippen LogP contribution >= 0.6 is 0 Å². The van der Waals surface area contributed by atoms with Crippen LogP contribution in [0.3, 0.4) is 0 Å². The molecule has 0 heterocycles. The molecule has 0 aliphatic carbocycles. The Morgan fingerprint density at radius 3 is 1.29 bits per heavy atom. The Balaban J connectivity index is 4.18. The number of allylic oxidation sites excluding steroid dienone is 1. The highest BCUT2D eigenvalue weighted by Crippen LogP contribution is 2.14. The predicted molar refractivity (Wildman–Crippen MR) is 173 cm³/mol. The molecule has 0 fully saturated rings. The largest absolute Gasteiger partial charge is 0.462 e. The van der Waals surface area contributed by atoms with E-state index in [0.717, 1.165) is 38.5 Å². The fourth-order valence-corrected chi connectivity index (χ4v) is 4.89. The normalized spacial score (nSPS) is 12.2. The zero-order valence-electron chi connectivity index (χ0n) is 28.0. The van der Waals surface area contributed by atoms with Gasteiger partial charge in [0, 0.05) is 18.4 Å². The molecule has 0 rings (SSSR count). The SMILES string of the molecule is CC=C(C)C(=O)OCC(COC(=O)CCCCCCCCCCCCC)OC(=O)CCCCCCCCCCCCC. The van der Waals surface area contributed by atoms with Gasteiger partial charge in [0.05, 0.1) is 0 Å². The first kappa shape index (κ1) is 40.1. The summed E-state index contributed by atoms with van der Waals surface area (Å²) in [4.78, 5) is 36.8. The molecule has 0 saturated carbocycles. The van der Waals surface area contributed by atoms with E-state index >= 15 is 0 Å². The highest BCUT2D eigenvalue weighted by molar-refractivity contribution is 5.87. The average molecular weight is 595 g/mol. The van der Waals surface area contributed by atoms with E-state index in [1.54, 1.807) is 19.9 Å². The highest BCUT2D eigenvalue weighted by atomic mass is 16.6. The van der Waals surface area contributed by atoms with Crippen LogP contribution < -0.4 is 0 Å². The molecule has 0 N–H and O–H groups in total. The van der Waals surface area contributed by atoms with Gasteiger partial charge in [0.25, 0.3) is 0 Å². The van der Waals surface area contributed by atoms with Crippen molar-refractivity contribution in [1.82, 2.24) is 0 Å². The van der Waals surface area contributed by atoms with Crippen molar-refractivity contribution in [1.29, 1.82) is 0 Å². The smallest absolute Gasteiger partial charge is 0.333 e. The molecule has 1 atom stereocenters. The van der Waals surface area contributed by atoms with E-state index in [4.69, 9.17) is 14.2 Å². The van der Waals surface area contributed by atoms with E-state index in [-0.39, 0.29) is 25.2 Å². The van der Waals surface area contributed by atoms with Gasteiger partial charge in [-0.1, -0.05) is 148 Å². The van der Waals surface area contributed by atoms with Crippen molar-refractivity contribution in [3.63, 3.8) is 0 Å². The van der Waals surface area contributed by atoms with E-state index in [1.807, 2.05) is 0 Å². The Morgan fingerprint density at radius 1 is 0.524 bits per heavy atom. The molecule has 0 spiro atoms. The van der Waals surface area contributed by atoms with Crippen molar-refractivity contribution in [2.45, 2.75) is 188 Å². The molecule has 42 heavy (non-hydrogen) atoms. The monoisotopic (exact) mass is 594 g/mol. The summed E-state index contributed by atoms with van der Waals surface area (Å²) in [5, 5.41) is 0. The van der Waals surface area contributed by atoms with Crippen molar-refractivity contribution in [2.75, 3.05) is 13.2 Å². The van der Waals surface area contributed by atoms with Crippen molar-refractivity contribution < 1.29 is 28.6 Å². The van der Waals surface area contributed by atoms with E-state index in [0.29, 0.717) is 18.4 Å². The Kier molecular flexibility index (Phi) is 29.3. The first-order valence-corrected chi connectivity index (χ1v) is 17.6. The summed E-state index contributed by atoms with van der Waals surface area (Å²) in [7, 11) is 0. The number of carbonyl (C=O) groups excluding carboxylic acids is 3. The molecular formula is C36H66O6. The van der Waals surface area contributed by atoms with Gasteiger partial charge in [0.2, 0.25) is 0 Å². The Morgan fingerprint density at radius 2 is 0.881 bits per heavy atom. The number of esters is 3. The third-order valence-electron chi connectivity index (χ3n) is 7.85. The standard InChI is InChI=1S/C36H66O6/c1-5-8-10-12-14-16-18-20-22-24-26-28-34(37)40-30-33(31-41-36(39)32(4)7-3)42-35(38)29-27-25-23-21-19-17-15-13-11-9-6-2/h7,33H,5-6,8-31H2,1-4H3. The van der Waals surface area contributed by atoms with Gasteiger partial charge in [-0.2, -0.15) is 0 Å². The van der Waals surface area contributed by atoms with Crippen LogP contribution in [0.1, 0.15) is 182 Å². The summed E-state index contributed by atoms with van der Waals surface area (Å²) < 4.78 is 16.3. The number of ether oxygens (including phenoxy) is 3. The first-order chi connectivity index (χ1) is 20.4. The van der Waals surface area contributed by atoms with Gasteiger partial charge in [-0.3, -0.25) is 9.59 Å². The Hall–Kier alpha value is -1.85. The lowest BCUT2D eigenvalue weighted by Crippen LogP contribution is -2.31. The third kappa shape index (κ3) is 27.0. The topological polar surface area (TPSA) is 78.9 Å². The summed E-state index contributed by atoms with van der Waals surface area (Å²) in [6.07, 6.45) is 28.3. The fraction of sp³-hybridized carbons (Fsp3) is 0.861. The minimum atomic E-state index is -0.792. The number of hydrogen-bond donors (Lipinski definition) is 0. The minimum Gasteiger partial charge on any atom is -0.462 e. The second-order valence-electron chi connectivity index (χ2n) is 11.9. The van der Waals surface area contributed by atoms with Gasteiger partial charge in [0.15, 0.2) is 6.10 Å². The lowest BCUT2D eigenvalue weighted by Gasteiger charge is -2.18. The van der Waals surface area contributed by atoms with Crippen molar-refractivity contribution >= 4 is 17.9 Å². The molecule has 0 aliphatic heterocycles. The number of hydrogen-bond acceptors (Lipinski definition) is 6. The van der Waals surface area contributed by atoms with Crippen LogP contribution in [0.4, 0.5) is 0 Å². The summed E-state index contributed by atoms with van der Waals surface area (Å²) >= 11 is 0. The van der Waals surface area contributed by atoms with Crippen molar-refractivity contribution in [2.24, 2.45) is 0 Å². The molecule has 6 heteroatoms. The lowest BCUT2D eigenvalue weighted by molar-refractivity contribution is -0.165. The number of unbranched alkanes of at least 4 members (excludes halogenated alkanes) is 20. The molecule has 246 valence electrons. The number of carbonyl (C=O) groups is 3. The molecule has 0 saturated heterocycles. The van der Waals surface area contributed by atoms with Crippen LogP contribution in [-0.2, 0) is 28.6 Å². The van der Waals surface area contributed by atoms with Crippen LogP contribution in [0.15, 0.2) is 11.6 Å². The van der Waals surface area contributed by atoms with Gasteiger partial charge in [0.1, 0.15) is 13.2 Å². The fourth-order valence-electron chi connectivity index (χ4n) is 4.89. The molecule has 0 amide bonds. The molecule has 6 nitrogen and oxygen atoms in total. The van der Waals surface area contributed by atoms with Gasteiger partial charge < -0.3 is 14.2 Å². The van der Waals surface area contributed by atoms with Crippen LogP contribution in [-0.4, -0.2) is 37.2 Å². The Labute approximate surface area is 259 Å². The summed E-state index contributed by atoms with van der Waals surface area (Å²) in [5.41, 5.74) is 0.481. The van der Waals surface area contributed by atoms with Crippen LogP contribution in [0, 0.1) is 0 Å². The van der Waals surface area contributed by atoms with E-state index in [9.17, 15) is 14.4 Å². The maximum absolute atomic E-state index is 12.5.